The second-order valence-corrected chi connectivity index (χ2v) is 13.3. The molecular weight excluding hydrogens is 800 g/mol. The second kappa shape index (κ2) is 26.3. The van der Waals surface area contributed by atoms with Crippen molar-refractivity contribution in [1.82, 2.24) is 31.9 Å². The van der Waals surface area contributed by atoms with Gasteiger partial charge in [0, 0.05) is 12.8 Å². The maximum absolute atomic E-state index is 13.9. The van der Waals surface area contributed by atoms with Crippen molar-refractivity contribution in [3.05, 3.63) is 35.9 Å². The van der Waals surface area contributed by atoms with E-state index in [0.717, 1.165) is 0 Å². The molecule has 0 radical (unpaired) electrons. The summed E-state index contributed by atoms with van der Waals surface area (Å²) in [5, 5.41) is 50.6. The van der Waals surface area contributed by atoms with Gasteiger partial charge in [0.05, 0.1) is 25.9 Å². The quantitative estimate of drug-likeness (QED) is 0.0333. The zero-order valence-corrected chi connectivity index (χ0v) is 32.3. The Balaban J connectivity index is 3.49. The van der Waals surface area contributed by atoms with Crippen LogP contribution >= 0.6 is 0 Å². The fourth-order valence-corrected chi connectivity index (χ4v) is 5.28. The van der Waals surface area contributed by atoms with Crippen molar-refractivity contribution in [1.29, 1.82) is 0 Å². The summed E-state index contributed by atoms with van der Waals surface area (Å²) in [6.45, 7) is -0.679. The fraction of sp³-hybridized carbons (Fsp3) is 0.514. The molecule has 60 heavy (non-hydrogen) atoms. The van der Waals surface area contributed by atoms with Crippen LogP contribution in [0.1, 0.15) is 56.9 Å². The van der Waals surface area contributed by atoms with Crippen molar-refractivity contribution in [2.45, 2.75) is 100 Å². The molecule has 0 heterocycles. The van der Waals surface area contributed by atoms with Crippen LogP contribution in [-0.4, -0.2) is 141 Å². The number of nitrogens with two attached hydrogens (primary N) is 4. The zero-order valence-electron chi connectivity index (χ0n) is 32.3. The Bertz CT molecular complexity index is 1710. The van der Waals surface area contributed by atoms with Crippen molar-refractivity contribution in [2.75, 3.05) is 13.2 Å². The molecule has 8 amide bonds. The van der Waals surface area contributed by atoms with E-state index in [1.807, 2.05) is 0 Å². The van der Waals surface area contributed by atoms with Gasteiger partial charge in [-0.05, 0) is 37.8 Å². The predicted octanol–water partition coefficient (Wildman–Crippen LogP) is -6.24. The van der Waals surface area contributed by atoms with E-state index in [2.05, 4.69) is 31.9 Å². The zero-order chi connectivity index (χ0) is 45.5. The van der Waals surface area contributed by atoms with Crippen molar-refractivity contribution in [2.24, 2.45) is 22.9 Å². The number of amides is 8. The molecule has 1 rings (SSSR count). The molecule has 332 valence electrons. The summed E-state index contributed by atoms with van der Waals surface area (Å²) in [6, 6.07) is -4.14. The van der Waals surface area contributed by atoms with E-state index in [1.54, 1.807) is 18.2 Å². The largest absolute Gasteiger partial charge is 0.481 e. The first kappa shape index (κ1) is 51.3. The Kier molecular flexibility index (Phi) is 22.5. The number of aliphatic hydroxyl groups excluding tert-OH is 1. The van der Waals surface area contributed by atoms with Gasteiger partial charge in [0.25, 0.3) is 0 Å². The second-order valence-electron chi connectivity index (χ2n) is 13.3. The molecule has 7 atom stereocenters. The molecule has 0 fully saturated rings. The number of rotatable bonds is 29. The Morgan fingerprint density at radius 1 is 0.533 bits per heavy atom. The summed E-state index contributed by atoms with van der Waals surface area (Å²) in [7, 11) is 0. The number of nitrogens with one attached hydrogen (secondary N) is 6. The average Bonchev–Trinajstić information content (AvgIpc) is 3.17. The summed E-state index contributed by atoms with van der Waals surface area (Å²) in [5.74, 6) is -13.8. The molecule has 0 saturated heterocycles. The van der Waals surface area contributed by atoms with Gasteiger partial charge in [0.2, 0.25) is 47.3 Å². The number of aliphatic carboxylic acids is 3. The van der Waals surface area contributed by atoms with E-state index in [-0.39, 0.29) is 25.8 Å². The minimum absolute atomic E-state index is 0.153. The lowest BCUT2D eigenvalue weighted by molar-refractivity contribution is -0.144. The molecule has 0 unspecified atom stereocenters. The Morgan fingerprint density at radius 2 is 0.967 bits per heavy atom. The first-order valence-electron chi connectivity index (χ1n) is 18.3. The van der Waals surface area contributed by atoms with Gasteiger partial charge < -0.3 is 75.3 Å². The van der Waals surface area contributed by atoms with E-state index in [9.17, 15) is 68.1 Å². The van der Waals surface area contributed by atoms with Gasteiger partial charge in [-0.2, -0.15) is 0 Å². The standard InChI is InChI=1S/C35H52N10O15/c36-11-5-4-8-19(30(54)45-24(35(59)60)14-26(39)48)41-34(58)23(15-28(51)52)44-32(56)21(12-17-6-2-1-3-7-17)42-33(57)22(13-25(38)47)43-31(55)20(9-10-27(49)50)40-29(53)18(37)16-46/h1-3,6-7,18-24,46H,4-5,8-16,36-37H2,(H2,38,47)(H2,39,48)(H,40,53)(H,41,58)(H,42,57)(H,43,55)(H,44,56)(H,45,54)(H,49,50)(H,51,52)(H,59,60)/t18-,19-,20-,21-,22-,23-,24-/m0/s1. The van der Waals surface area contributed by atoms with Gasteiger partial charge in [0.15, 0.2) is 0 Å². The van der Waals surface area contributed by atoms with Crippen molar-refractivity contribution < 1.29 is 73.2 Å². The Labute approximate surface area is 342 Å². The number of carbonyl (C=O) groups excluding carboxylic acids is 8. The monoisotopic (exact) mass is 852 g/mol. The van der Waals surface area contributed by atoms with Crippen LogP contribution in [0.15, 0.2) is 30.3 Å². The van der Waals surface area contributed by atoms with Gasteiger partial charge in [-0.1, -0.05) is 30.3 Å². The predicted molar refractivity (Wildman–Crippen MR) is 204 cm³/mol. The molecule has 0 saturated carbocycles. The highest BCUT2D eigenvalue weighted by Gasteiger charge is 2.35. The first-order valence-corrected chi connectivity index (χ1v) is 18.3. The van der Waals surface area contributed by atoms with Crippen LogP contribution in [0.25, 0.3) is 0 Å². The number of hydrogen-bond donors (Lipinski definition) is 14. The molecule has 25 heteroatoms. The molecular formula is C35H52N10O15. The van der Waals surface area contributed by atoms with Crippen molar-refractivity contribution >= 4 is 65.2 Å². The minimum Gasteiger partial charge on any atom is -0.481 e. The van der Waals surface area contributed by atoms with E-state index in [1.165, 1.54) is 12.1 Å². The topological polar surface area (TPSA) is 445 Å². The maximum atomic E-state index is 13.9. The summed E-state index contributed by atoms with van der Waals surface area (Å²) in [4.78, 5) is 138. The third-order valence-electron chi connectivity index (χ3n) is 8.38. The first-order chi connectivity index (χ1) is 28.2. The van der Waals surface area contributed by atoms with Gasteiger partial charge in [-0.25, -0.2) is 4.79 Å². The Morgan fingerprint density at radius 3 is 1.45 bits per heavy atom. The molecule has 0 aromatic heterocycles. The lowest BCUT2D eigenvalue weighted by Crippen LogP contribution is -2.60. The van der Waals surface area contributed by atoms with E-state index < -0.39 is 146 Å². The van der Waals surface area contributed by atoms with Crippen LogP contribution in [0.4, 0.5) is 0 Å². The molecule has 0 spiro atoms. The van der Waals surface area contributed by atoms with Crippen LogP contribution in [0.2, 0.25) is 0 Å². The number of carbonyl (C=O) groups is 11. The lowest BCUT2D eigenvalue weighted by Gasteiger charge is -2.27. The molecule has 1 aromatic rings. The molecule has 0 aliphatic heterocycles. The summed E-state index contributed by atoms with van der Waals surface area (Å²) in [6.07, 6.45) is -3.93. The smallest absolute Gasteiger partial charge is 0.326 e. The van der Waals surface area contributed by atoms with E-state index in [4.69, 9.17) is 28.0 Å². The Hall–Kier alpha value is -6.73. The molecule has 0 bridgehead atoms. The minimum atomic E-state index is -1.94. The summed E-state index contributed by atoms with van der Waals surface area (Å²) in [5.41, 5.74) is 21.8. The van der Waals surface area contributed by atoms with Crippen LogP contribution in [0.3, 0.4) is 0 Å². The summed E-state index contributed by atoms with van der Waals surface area (Å²) < 4.78 is 0. The van der Waals surface area contributed by atoms with Crippen LogP contribution < -0.4 is 54.8 Å². The number of hydrogen-bond acceptors (Lipinski definition) is 14. The SMILES string of the molecule is NCCCC[C@H](NC(=O)[C@H](CC(=O)O)NC(=O)[C@H](Cc1ccccc1)NC(=O)[C@H](CC(N)=O)NC(=O)[C@H](CCC(=O)O)NC(=O)[C@@H](N)CO)C(=O)N[C@@H](CC(N)=O)C(=O)O. The highest BCUT2D eigenvalue weighted by atomic mass is 16.4. The highest BCUT2D eigenvalue weighted by molar-refractivity contribution is 5.99. The number of carboxylic acids is 3. The highest BCUT2D eigenvalue weighted by Crippen LogP contribution is 2.09. The third kappa shape index (κ3) is 19.6. The molecule has 18 N–H and O–H groups in total. The molecule has 1 aromatic carbocycles. The van der Waals surface area contributed by atoms with E-state index >= 15 is 0 Å². The molecule has 25 nitrogen and oxygen atoms in total. The molecule has 0 aliphatic carbocycles. The van der Waals surface area contributed by atoms with Gasteiger partial charge in [-0.15, -0.1) is 0 Å². The summed E-state index contributed by atoms with van der Waals surface area (Å²) >= 11 is 0. The van der Waals surface area contributed by atoms with Crippen LogP contribution in [-0.2, 0) is 59.2 Å². The third-order valence-corrected chi connectivity index (χ3v) is 8.38. The number of primary amides is 2. The van der Waals surface area contributed by atoms with Gasteiger partial charge >= 0.3 is 17.9 Å². The number of unbranched alkanes of at least 4 members (excludes halogenated alkanes) is 1. The van der Waals surface area contributed by atoms with Crippen LogP contribution in [0, 0.1) is 0 Å². The van der Waals surface area contributed by atoms with Crippen molar-refractivity contribution in [3.63, 3.8) is 0 Å². The number of carboxylic acid groups (broad SMARTS) is 3. The van der Waals surface area contributed by atoms with Crippen molar-refractivity contribution in [3.8, 4) is 0 Å². The van der Waals surface area contributed by atoms with E-state index in [0.29, 0.717) is 12.0 Å². The fourth-order valence-electron chi connectivity index (χ4n) is 5.28. The lowest BCUT2D eigenvalue weighted by atomic mass is 10.0. The van der Waals surface area contributed by atoms with Crippen LogP contribution in [0.5, 0.6) is 0 Å². The maximum Gasteiger partial charge on any atom is 0.326 e. The number of aliphatic hydroxyl groups is 1. The normalized spacial score (nSPS) is 14.2. The molecule has 0 aliphatic rings. The number of benzene rings is 1. The van der Waals surface area contributed by atoms with Gasteiger partial charge in [-0.3, -0.25) is 47.9 Å². The average molecular weight is 853 g/mol. The van der Waals surface area contributed by atoms with Gasteiger partial charge in [0.1, 0.15) is 42.3 Å².